The van der Waals surface area contributed by atoms with Gasteiger partial charge >= 0.3 is 5.97 Å². The Bertz CT molecular complexity index is 528. The van der Waals surface area contributed by atoms with E-state index in [0.29, 0.717) is 36.4 Å². The minimum atomic E-state index is -0.962. The van der Waals surface area contributed by atoms with Gasteiger partial charge in [0.2, 0.25) is 0 Å². The van der Waals surface area contributed by atoms with Gasteiger partial charge in [0.05, 0.1) is 14.2 Å². The van der Waals surface area contributed by atoms with E-state index in [1.165, 1.54) is 19.1 Å². The van der Waals surface area contributed by atoms with Gasteiger partial charge in [-0.2, -0.15) is 0 Å². The lowest BCUT2D eigenvalue weighted by atomic mass is 10.1. The molecule has 1 fully saturated rings. The second-order valence-corrected chi connectivity index (χ2v) is 4.56. The number of methoxy groups -OCH3 is 2. The minimum absolute atomic E-state index is 0.296. The first-order chi connectivity index (χ1) is 9.58. The van der Waals surface area contributed by atoms with Crippen molar-refractivity contribution >= 4 is 11.9 Å². The maximum atomic E-state index is 12.4. The van der Waals surface area contributed by atoms with Gasteiger partial charge in [-0.05, 0) is 31.0 Å². The summed E-state index contributed by atoms with van der Waals surface area (Å²) in [5.41, 5.74) is 0.399. The standard InChI is InChI=1S/C14H17NO5/c1-19-11-6-5-9(8-12(11)20-2)13(16)15-7-3-4-10(15)14(17)18/h5-6,8,10H,3-4,7H2,1-2H3,(H,17,18)/t10-/m1/s1. The van der Waals surface area contributed by atoms with Crippen LogP contribution in [0.5, 0.6) is 11.5 Å². The maximum absolute atomic E-state index is 12.4. The maximum Gasteiger partial charge on any atom is 0.326 e. The summed E-state index contributed by atoms with van der Waals surface area (Å²) in [6, 6.07) is 4.08. The molecule has 108 valence electrons. The number of nitrogens with zero attached hydrogens (tertiary/aromatic N) is 1. The molecule has 0 spiro atoms. The Morgan fingerprint density at radius 1 is 1.25 bits per heavy atom. The van der Waals surface area contributed by atoms with Gasteiger partial charge in [-0.25, -0.2) is 4.79 Å². The molecule has 1 aromatic rings. The van der Waals surface area contributed by atoms with Crippen LogP contribution in [0.2, 0.25) is 0 Å². The number of likely N-dealkylation sites (tertiary alicyclic amines) is 1. The van der Waals surface area contributed by atoms with Crippen molar-refractivity contribution in [1.29, 1.82) is 0 Å². The molecule has 6 heteroatoms. The van der Waals surface area contributed by atoms with Crippen molar-refractivity contribution in [3.05, 3.63) is 23.8 Å². The van der Waals surface area contributed by atoms with Crippen molar-refractivity contribution in [2.45, 2.75) is 18.9 Å². The molecule has 1 aliphatic rings. The molecule has 1 aromatic carbocycles. The minimum Gasteiger partial charge on any atom is -0.493 e. The number of carboxylic acid groups (broad SMARTS) is 1. The summed E-state index contributed by atoms with van der Waals surface area (Å²) in [5, 5.41) is 9.12. The molecule has 0 aromatic heterocycles. The number of carbonyl (C=O) groups excluding carboxylic acids is 1. The smallest absolute Gasteiger partial charge is 0.326 e. The summed E-state index contributed by atoms with van der Waals surface area (Å²) in [7, 11) is 3.00. The van der Waals surface area contributed by atoms with E-state index in [0.717, 1.165) is 0 Å². The van der Waals surface area contributed by atoms with E-state index in [1.54, 1.807) is 18.2 Å². The number of aliphatic carboxylic acids is 1. The summed E-state index contributed by atoms with van der Waals surface area (Å²) >= 11 is 0. The molecule has 20 heavy (non-hydrogen) atoms. The number of carbonyl (C=O) groups is 2. The zero-order chi connectivity index (χ0) is 14.7. The van der Waals surface area contributed by atoms with Crippen molar-refractivity contribution < 1.29 is 24.2 Å². The quantitative estimate of drug-likeness (QED) is 0.901. The first-order valence-electron chi connectivity index (χ1n) is 6.34. The largest absolute Gasteiger partial charge is 0.493 e. The highest BCUT2D eigenvalue weighted by atomic mass is 16.5. The van der Waals surface area contributed by atoms with Gasteiger partial charge in [-0.1, -0.05) is 0 Å². The molecule has 6 nitrogen and oxygen atoms in total. The molecule has 1 atom stereocenters. The van der Waals surface area contributed by atoms with Gasteiger partial charge in [0, 0.05) is 12.1 Å². The predicted octanol–water partition coefficient (Wildman–Crippen LogP) is 1.39. The Kier molecular flexibility index (Phi) is 4.12. The number of amides is 1. The molecular formula is C14H17NO5. The summed E-state index contributed by atoms with van der Waals surface area (Å²) in [6.45, 7) is 0.462. The molecule has 2 rings (SSSR count). The van der Waals surface area contributed by atoms with E-state index < -0.39 is 12.0 Å². The normalized spacial score (nSPS) is 17.9. The second kappa shape index (κ2) is 5.81. The number of carboxylic acids is 1. The number of hydrogen-bond acceptors (Lipinski definition) is 4. The van der Waals surface area contributed by atoms with Crippen LogP contribution in [-0.2, 0) is 4.79 Å². The average molecular weight is 279 g/mol. The molecule has 0 unspecified atom stereocenters. The highest BCUT2D eigenvalue weighted by Gasteiger charge is 2.34. The second-order valence-electron chi connectivity index (χ2n) is 4.56. The monoisotopic (exact) mass is 279 g/mol. The number of ether oxygens (including phenoxy) is 2. The van der Waals surface area contributed by atoms with Crippen LogP contribution in [0, 0.1) is 0 Å². The number of rotatable bonds is 4. The summed E-state index contributed by atoms with van der Waals surface area (Å²) < 4.78 is 10.3. The van der Waals surface area contributed by atoms with Crippen LogP contribution in [-0.4, -0.2) is 48.7 Å². The van der Waals surface area contributed by atoms with Crippen molar-refractivity contribution in [2.24, 2.45) is 0 Å². The highest BCUT2D eigenvalue weighted by molar-refractivity contribution is 5.97. The van der Waals surface area contributed by atoms with Crippen LogP contribution in [0.1, 0.15) is 23.2 Å². The first-order valence-corrected chi connectivity index (χ1v) is 6.34. The van der Waals surface area contributed by atoms with Crippen LogP contribution in [0.15, 0.2) is 18.2 Å². The van der Waals surface area contributed by atoms with E-state index in [9.17, 15) is 9.59 Å². The highest BCUT2D eigenvalue weighted by Crippen LogP contribution is 2.29. The molecular weight excluding hydrogens is 262 g/mol. The SMILES string of the molecule is COc1ccc(C(=O)N2CCC[C@@H]2C(=O)O)cc1OC. The summed E-state index contributed by atoms with van der Waals surface area (Å²) in [5.74, 6) is -0.281. The third-order valence-corrected chi connectivity index (χ3v) is 3.43. The zero-order valence-electron chi connectivity index (χ0n) is 11.5. The van der Waals surface area contributed by atoms with Crippen LogP contribution in [0.25, 0.3) is 0 Å². The van der Waals surface area contributed by atoms with E-state index in [-0.39, 0.29) is 5.91 Å². The number of hydrogen-bond donors (Lipinski definition) is 1. The Hall–Kier alpha value is -2.24. The van der Waals surface area contributed by atoms with Crippen molar-refractivity contribution in [3.63, 3.8) is 0 Å². The summed E-state index contributed by atoms with van der Waals surface area (Å²) in [6.07, 6.45) is 1.20. The lowest BCUT2D eigenvalue weighted by Gasteiger charge is -2.21. The fourth-order valence-corrected chi connectivity index (χ4v) is 2.40. The van der Waals surface area contributed by atoms with Gasteiger partial charge in [-0.3, -0.25) is 4.79 Å². The van der Waals surface area contributed by atoms with Gasteiger partial charge in [0.25, 0.3) is 5.91 Å². The van der Waals surface area contributed by atoms with E-state index in [1.807, 2.05) is 0 Å². The van der Waals surface area contributed by atoms with Crippen molar-refractivity contribution in [1.82, 2.24) is 4.90 Å². The third-order valence-electron chi connectivity index (χ3n) is 3.43. The molecule has 0 saturated carbocycles. The molecule has 0 aliphatic carbocycles. The fourth-order valence-electron chi connectivity index (χ4n) is 2.40. The van der Waals surface area contributed by atoms with Crippen LogP contribution in [0.3, 0.4) is 0 Å². The number of benzene rings is 1. The molecule has 0 bridgehead atoms. The Labute approximate surface area is 116 Å². The van der Waals surface area contributed by atoms with E-state index in [4.69, 9.17) is 14.6 Å². The van der Waals surface area contributed by atoms with Crippen LogP contribution in [0.4, 0.5) is 0 Å². The predicted molar refractivity (Wildman–Crippen MR) is 71.2 cm³/mol. The Balaban J connectivity index is 2.27. The molecule has 1 amide bonds. The molecule has 1 aliphatic heterocycles. The molecule has 0 radical (unpaired) electrons. The lowest BCUT2D eigenvalue weighted by molar-refractivity contribution is -0.141. The Morgan fingerprint density at radius 2 is 1.95 bits per heavy atom. The van der Waals surface area contributed by atoms with Gasteiger partial charge in [0.15, 0.2) is 11.5 Å². The van der Waals surface area contributed by atoms with Crippen LogP contribution < -0.4 is 9.47 Å². The van der Waals surface area contributed by atoms with E-state index >= 15 is 0 Å². The third kappa shape index (κ3) is 2.54. The molecule has 1 N–H and O–H groups in total. The average Bonchev–Trinajstić information content (AvgIpc) is 2.95. The van der Waals surface area contributed by atoms with Gasteiger partial charge < -0.3 is 19.5 Å². The van der Waals surface area contributed by atoms with E-state index in [2.05, 4.69) is 0 Å². The Morgan fingerprint density at radius 3 is 2.55 bits per heavy atom. The zero-order valence-corrected chi connectivity index (χ0v) is 11.5. The molecule has 1 saturated heterocycles. The topological polar surface area (TPSA) is 76.1 Å². The van der Waals surface area contributed by atoms with Crippen molar-refractivity contribution in [3.8, 4) is 11.5 Å². The lowest BCUT2D eigenvalue weighted by Crippen LogP contribution is -2.40. The first kappa shape index (κ1) is 14.2. The van der Waals surface area contributed by atoms with Crippen molar-refractivity contribution in [2.75, 3.05) is 20.8 Å². The van der Waals surface area contributed by atoms with Crippen LogP contribution >= 0.6 is 0 Å². The van der Waals surface area contributed by atoms with Gasteiger partial charge in [0.1, 0.15) is 6.04 Å². The summed E-state index contributed by atoms with van der Waals surface area (Å²) in [4.78, 5) is 24.9. The van der Waals surface area contributed by atoms with Gasteiger partial charge in [-0.15, -0.1) is 0 Å². The fraction of sp³-hybridized carbons (Fsp3) is 0.429. The molecule has 1 heterocycles.